The number of halogens is 1. The molecule has 0 radical (unpaired) electrons. The smallest absolute Gasteiger partial charge is 0.125 e. The summed E-state index contributed by atoms with van der Waals surface area (Å²) in [7, 11) is 1.89. The van der Waals surface area contributed by atoms with Crippen LogP contribution in [0, 0.1) is 6.92 Å². The van der Waals surface area contributed by atoms with Crippen LogP contribution in [0.25, 0.3) is 11.3 Å². The molecular formula is C14H18BrN3. The molecule has 0 fully saturated rings. The van der Waals surface area contributed by atoms with E-state index in [1.54, 1.807) is 4.68 Å². The third-order valence-corrected chi connectivity index (χ3v) is 3.66. The lowest BCUT2D eigenvalue weighted by atomic mass is 9.96. The van der Waals surface area contributed by atoms with E-state index in [-0.39, 0.29) is 0 Å². The molecule has 0 saturated heterocycles. The number of nitrogen functional groups attached to an aromatic ring is 1. The lowest BCUT2D eigenvalue weighted by molar-refractivity contribution is 0.779. The highest BCUT2D eigenvalue weighted by atomic mass is 79.9. The molecule has 0 atom stereocenters. The molecule has 2 aromatic rings. The van der Waals surface area contributed by atoms with Gasteiger partial charge in [0.25, 0.3) is 0 Å². The molecule has 1 aromatic carbocycles. The van der Waals surface area contributed by atoms with Gasteiger partial charge in [-0.3, -0.25) is 4.68 Å². The van der Waals surface area contributed by atoms with Gasteiger partial charge in [0.15, 0.2) is 0 Å². The molecule has 0 unspecified atom stereocenters. The van der Waals surface area contributed by atoms with Crippen molar-refractivity contribution in [3.63, 3.8) is 0 Å². The van der Waals surface area contributed by atoms with E-state index < -0.39 is 0 Å². The Labute approximate surface area is 116 Å². The number of nitrogens with two attached hydrogens (primary N) is 1. The first-order valence-corrected chi connectivity index (χ1v) is 6.80. The van der Waals surface area contributed by atoms with Crippen LogP contribution in [0.3, 0.4) is 0 Å². The second-order valence-corrected chi connectivity index (χ2v) is 5.80. The summed E-state index contributed by atoms with van der Waals surface area (Å²) in [6.07, 6.45) is 0. The molecule has 0 saturated carbocycles. The monoisotopic (exact) mass is 307 g/mol. The number of aromatic nitrogens is 2. The number of benzene rings is 1. The van der Waals surface area contributed by atoms with Crippen molar-refractivity contribution in [2.45, 2.75) is 26.7 Å². The third kappa shape index (κ3) is 2.17. The highest BCUT2D eigenvalue weighted by Crippen LogP contribution is 2.35. The molecule has 0 aliphatic rings. The van der Waals surface area contributed by atoms with E-state index in [0.29, 0.717) is 5.92 Å². The number of nitrogens with zero attached hydrogens (tertiary/aromatic N) is 2. The largest absolute Gasteiger partial charge is 0.384 e. The Morgan fingerprint density at radius 1 is 1.33 bits per heavy atom. The first-order chi connectivity index (χ1) is 8.41. The number of anilines is 1. The zero-order chi connectivity index (χ0) is 13.4. The highest BCUT2D eigenvalue weighted by molar-refractivity contribution is 9.10. The van der Waals surface area contributed by atoms with E-state index in [1.165, 1.54) is 5.56 Å². The van der Waals surface area contributed by atoms with Crippen molar-refractivity contribution in [3.05, 3.63) is 33.8 Å². The Morgan fingerprint density at radius 2 is 2.00 bits per heavy atom. The second kappa shape index (κ2) is 4.76. The van der Waals surface area contributed by atoms with E-state index in [2.05, 4.69) is 53.9 Å². The zero-order valence-electron chi connectivity index (χ0n) is 11.2. The van der Waals surface area contributed by atoms with E-state index in [9.17, 15) is 0 Å². The maximum Gasteiger partial charge on any atom is 0.125 e. The Kier molecular flexibility index (Phi) is 3.48. The summed E-state index contributed by atoms with van der Waals surface area (Å²) >= 11 is 3.51. The Bertz CT molecular complexity index is 585. The van der Waals surface area contributed by atoms with Crippen molar-refractivity contribution >= 4 is 21.7 Å². The fraction of sp³-hybridized carbons (Fsp3) is 0.357. The van der Waals surface area contributed by atoms with Crippen molar-refractivity contribution in [3.8, 4) is 11.3 Å². The maximum atomic E-state index is 6.12. The van der Waals surface area contributed by atoms with Crippen molar-refractivity contribution in [1.29, 1.82) is 0 Å². The molecule has 2 rings (SSSR count). The average molecular weight is 308 g/mol. The summed E-state index contributed by atoms with van der Waals surface area (Å²) in [5.74, 6) is 1.10. The number of hydrogen-bond acceptors (Lipinski definition) is 2. The van der Waals surface area contributed by atoms with Crippen molar-refractivity contribution in [2.75, 3.05) is 5.73 Å². The normalized spacial score (nSPS) is 11.2. The third-order valence-electron chi connectivity index (χ3n) is 3.16. The van der Waals surface area contributed by atoms with Gasteiger partial charge in [-0.25, -0.2) is 0 Å². The van der Waals surface area contributed by atoms with Gasteiger partial charge in [0.1, 0.15) is 5.82 Å². The SMILES string of the molecule is Cc1ccc(Br)cc1-c1nn(C)c(N)c1C(C)C. The van der Waals surface area contributed by atoms with Crippen LogP contribution < -0.4 is 5.73 Å². The van der Waals surface area contributed by atoms with E-state index in [4.69, 9.17) is 5.73 Å². The fourth-order valence-electron chi connectivity index (χ4n) is 2.17. The van der Waals surface area contributed by atoms with Gasteiger partial charge in [-0.05, 0) is 30.5 Å². The molecule has 0 amide bonds. The summed E-state index contributed by atoms with van der Waals surface area (Å²) in [6.45, 7) is 6.38. The quantitative estimate of drug-likeness (QED) is 0.915. The molecule has 96 valence electrons. The summed E-state index contributed by atoms with van der Waals surface area (Å²) in [4.78, 5) is 0. The number of rotatable bonds is 2. The molecule has 4 heteroatoms. The standard InChI is InChI=1S/C14H18BrN3/c1-8(2)12-13(17-18(4)14(12)16)11-7-10(15)6-5-9(11)3/h5-8H,16H2,1-4H3. The minimum absolute atomic E-state index is 0.354. The van der Waals surface area contributed by atoms with Crippen molar-refractivity contribution < 1.29 is 0 Å². The van der Waals surface area contributed by atoms with Gasteiger partial charge in [-0.1, -0.05) is 35.8 Å². The molecule has 18 heavy (non-hydrogen) atoms. The molecule has 1 aromatic heterocycles. The maximum absolute atomic E-state index is 6.12. The van der Waals surface area contributed by atoms with Crippen LogP contribution in [0.4, 0.5) is 5.82 Å². The van der Waals surface area contributed by atoms with Crippen LogP contribution in [0.1, 0.15) is 30.9 Å². The summed E-state index contributed by atoms with van der Waals surface area (Å²) in [5.41, 5.74) is 10.6. The summed E-state index contributed by atoms with van der Waals surface area (Å²) in [5, 5.41) is 4.57. The van der Waals surface area contributed by atoms with Crippen molar-refractivity contribution in [2.24, 2.45) is 7.05 Å². The van der Waals surface area contributed by atoms with Gasteiger partial charge >= 0.3 is 0 Å². The van der Waals surface area contributed by atoms with Gasteiger partial charge in [0.2, 0.25) is 0 Å². The van der Waals surface area contributed by atoms with E-state index in [1.807, 2.05) is 13.1 Å². The second-order valence-electron chi connectivity index (χ2n) is 4.89. The van der Waals surface area contributed by atoms with Crippen LogP contribution in [0.15, 0.2) is 22.7 Å². The number of hydrogen-bond donors (Lipinski definition) is 1. The Balaban J connectivity index is 2.71. The van der Waals surface area contributed by atoms with Crippen molar-refractivity contribution in [1.82, 2.24) is 9.78 Å². The number of aryl methyl sites for hydroxylation is 2. The van der Waals surface area contributed by atoms with Crippen LogP contribution in [-0.4, -0.2) is 9.78 Å². The van der Waals surface area contributed by atoms with Gasteiger partial charge in [0, 0.05) is 22.6 Å². The zero-order valence-corrected chi connectivity index (χ0v) is 12.7. The fourth-order valence-corrected chi connectivity index (χ4v) is 2.53. The average Bonchev–Trinajstić information content (AvgIpc) is 2.59. The molecule has 0 bridgehead atoms. The van der Waals surface area contributed by atoms with Crippen LogP contribution >= 0.6 is 15.9 Å². The van der Waals surface area contributed by atoms with E-state index in [0.717, 1.165) is 27.1 Å². The molecular weight excluding hydrogens is 290 g/mol. The first kappa shape index (κ1) is 13.1. The van der Waals surface area contributed by atoms with Gasteiger partial charge in [-0.2, -0.15) is 5.10 Å². The van der Waals surface area contributed by atoms with E-state index >= 15 is 0 Å². The molecule has 0 aliphatic carbocycles. The highest BCUT2D eigenvalue weighted by Gasteiger charge is 2.19. The molecule has 3 nitrogen and oxygen atoms in total. The summed E-state index contributed by atoms with van der Waals surface area (Å²) < 4.78 is 2.81. The van der Waals surface area contributed by atoms with Gasteiger partial charge < -0.3 is 5.73 Å². The topological polar surface area (TPSA) is 43.8 Å². The predicted molar refractivity (Wildman–Crippen MR) is 79.6 cm³/mol. The Morgan fingerprint density at radius 3 is 2.61 bits per heavy atom. The van der Waals surface area contributed by atoms with Crippen LogP contribution in [0.5, 0.6) is 0 Å². The van der Waals surface area contributed by atoms with Crippen LogP contribution in [0.2, 0.25) is 0 Å². The lowest BCUT2D eigenvalue weighted by Gasteiger charge is -2.09. The molecule has 1 heterocycles. The first-order valence-electron chi connectivity index (χ1n) is 6.00. The van der Waals surface area contributed by atoms with Gasteiger partial charge in [-0.15, -0.1) is 0 Å². The van der Waals surface area contributed by atoms with Crippen LogP contribution in [-0.2, 0) is 7.05 Å². The Hall–Kier alpha value is -1.29. The predicted octanol–water partition coefficient (Wildman–Crippen LogP) is 3.86. The van der Waals surface area contributed by atoms with Gasteiger partial charge in [0.05, 0.1) is 5.69 Å². The minimum atomic E-state index is 0.354. The lowest BCUT2D eigenvalue weighted by Crippen LogP contribution is -2.00. The summed E-state index contributed by atoms with van der Waals surface area (Å²) in [6, 6.07) is 6.23. The molecule has 0 spiro atoms. The minimum Gasteiger partial charge on any atom is -0.384 e. The molecule has 0 aliphatic heterocycles. The molecule has 2 N–H and O–H groups in total.